The zero-order chi connectivity index (χ0) is 21.3. The van der Waals surface area contributed by atoms with Crippen LogP contribution in [0.25, 0.3) is 0 Å². The molecule has 1 unspecified atom stereocenters. The average Bonchev–Trinajstić information content (AvgIpc) is 2.96. The molecule has 1 heterocycles. The van der Waals surface area contributed by atoms with E-state index in [0.29, 0.717) is 5.11 Å². The molecule has 0 aromatic heterocycles. The van der Waals surface area contributed by atoms with Crippen LogP contribution in [-0.2, 0) is 6.42 Å². The van der Waals surface area contributed by atoms with Gasteiger partial charge in [-0.15, -0.1) is 0 Å². The lowest BCUT2D eigenvalue weighted by molar-refractivity contribution is 0.626. The van der Waals surface area contributed by atoms with Crippen LogP contribution in [0.3, 0.4) is 0 Å². The summed E-state index contributed by atoms with van der Waals surface area (Å²) in [7, 11) is 0. The minimum Gasteiger partial charge on any atom is -0.341 e. The standard InChI is InChI=1S/C25H24BrN3S/c1-17-8-7-9-18(2)22(17)27-23-25(3,16-19-10-5-4-6-11-19)29(24(30)28-23)21-14-12-20(26)13-15-21/h4-15H,16H2,1-3H3,(H,27,28,30). The average molecular weight is 478 g/mol. The summed E-state index contributed by atoms with van der Waals surface area (Å²) < 4.78 is 1.04. The molecule has 0 spiro atoms. The van der Waals surface area contributed by atoms with Gasteiger partial charge in [-0.05, 0) is 73.9 Å². The molecule has 4 rings (SSSR count). The van der Waals surface area contributed by atoms with Crippen LogP contribution in [0.4, 0.5) is 11.4 Å². The molecule has 1 aliphatic heterocycles. The van der Waals surface area contributed by atoms with Gasteiger partial charge in [0.15, 0.2) is 0 Å². The van der Waals surface area contributed by atoms with Gasteiger partial charge >= 0.3 is 0 Å². The van der Waals surface area contributed by atoms with Gasteiger partial charge in [-0.3, -0.25) is 0 Å². The van der Waals surface area contributed by atoms with Crippen LogP contribution in [0.15, 0.2) is 82.3 Å². The Balaban J connectivity index is 1.78. The number of hydrogen-bond donors (Lipinski definition) is 1. The predicted octanol–water partition coefficient (Wildman–Crippen LogP) is 6.68. The predicted molar refractivity (Wildman–Crippen MR) is 135 cm³/mol. The first-order chi connectivity index (χ1) is 14.4. The Labute approximate surface area is 192 Å². The van der Waals surface area contributed by atoms with Gasteiger partial charge in [0, 0.05) is 22.3 Å². The molecule has 0 radical (unpaired) electrons. The number of benzene rings is 3. The molecule has 1 aliphatic rings. The number of thiocarbonyl (C=S) groups is 1. The van der Waals surface area contributed by atoms with Gasteiger partial charge in [-0.1, -0.05) is 64.5 Å². The SMILES string of the molecule is Cc1cccc(C)c1NC1=NC(=S)N(c2ccc(Br)cc2)C1(C)Cc1ccccc1. The molecule has 3 aromatic carbocycles. The lowest BCUT2D eigenvalue weighted by Gasteiger charge is -2.37. The second kappa shape index (κ2) is 8.32. The number of anilines is 2. The monoisotopic (exact) mass is 477 g/mol. The molecule has 3 aromatic rings. The third-order valence-electron chi connectivity index (χ3n) is 5.60. The minimum absolute atomic E-state index is 0.443. The van der Waals surface area contributed by atoms with Crippen molar-refractivity contribution >= 4 is 50.5 Å². The zero-order valence-electron chi connectivity index (χ0n) is 17.3. The van der Waals surface area contributed by atoms with Crippen molar-refractivity contribution in [3.8, 4) is 0 Å². The maximum Gasteiger partial charge on any atom is 0.202 e. The van der Waals surface area contributed by atoms with Crippen molar-refractivity contribution in [1.29, 1.82) is 0 Å². The summed E-state index contributed by atoms with van der Waals surface area (Å²) >= 11 is 9.30. The number of para-hydroxylation sites is 1. The van der Waals surface area contributed by atoms with E-state index < -0.39 is 5.54 Å². The molecule has 0 amide bonds. The van der Waals surface area contributed by atoms with Gasteiger partial charge in [0.1, 0.15) is 11.4 Å². The van der Waals surface area contributed by atoms with Crippen LogP contribution < -0.4 is 10.2 Å². The quantitative estimate of drug-likeness (QED) is 0.424. The van der Waals surface area contributed by atoms with Crippen LogP contribution in [0.2, 0.25) is 0 Å². The molecule has 0 saturated carbocycles. The first-order valence-corrected chi connectivity index (χ1v) is 11.1. The minimum atomic E-state index is -0.443. The Bertz CT molecular complexity index is 1090. The summed E-state index contributed by atoms with van der Waals surface area (Å²) in [6.45, 7) is 6.44. The summed E-state index contributed by atoms with van der Waals surface area (Å²) in [5.41, 5.74) is 5.30. The molecule has 1 N–H and O–H groups in total. The Hall–Kier alpha value is -2.50. The zero-order valence-corrected chi connectivity index (χ0v) is 19.7. The molecular weight excluding hydrogens is 454 g/mol. The fourth-order valence-corrected chi connectivity index (χ4v) is 4.68. The first kappa shape index (κ1) is 20.8. The van der Waals surface area contributed by atoms with E-state index in [-0.39, 0.29) is 0 Å². The van der Waals surface area contributed by atoms with Crippen molar-refractivity contribution in [2.75, 3.05) is 10.2 Å². The normalized spacial score (nSPS) is 18.5. The number of aliphatic imine (C=N–C) groups is 1. The van der Waals surface area contributed by atoms with E-state index >= 15 is 0 Å². The smallest absolute Gasteiger partial charge is 0.202 e. The van der Waals surface area contributed by atoms with Gasteiger partial charge in [0.05, 0.1) is 0 Å². The maximum absolute atomic E-state index is 5.77. The maximum atomic E-state index is 5.77. The van der Waals surface area contributed by atoms with E-state index in [9.17, 15) is 0 Å². The molecule has 5 heteroatoms. The van der Waals surface area contributed by atoms with Crippen LogP contribution in [0, 0.1) is 13.8 Å². The topological polar surface area (TPSA) is 27.6 Å². The molecule has 152 valence electrons. The summed E-state index contributed by atoms with van der Waals surface area (Å²) in [5.74, 6) is 0.872. The van der Waals surface area contributed by atoms with E-state index in [1.165, 1.54) is 16.7 Å². The summed E-state index contributed by atoms with van der Waals surface area (Å²) in [4.78, 5) is 7.01. The van der Waals surface area contributed by atoms with Gasteiger partial charge in [-0.2, -0.15) is 0 Å². The van der Waals surface area contributed by atoms with Crippen LogP contribution in [-0.4, -0.2) is 16.5 Å². The second-order valence-corrected chi connectivity index (χ2v) is 9.16. The number of rotatable bonds is 4. The highest BCUT2D eigenvalue weighted by molar-refractivity contribution is 9.10. The fourth-order valence-electron chi connectivity index (χ4n) is 4.02. The summed E-state index contributed by atoms with van der Waals surface area (Å²) in [5, 5.41) is 4.21. The van der Waals surface area contributed by atoms with E-state index in [0.717, 1.165) is 28.1 Å². The molecule has 0 bridgehead atoms. The van der Waals surface area contributed by atoms with Crippen molar-refractivity contribution in [3.63, 3.8) is 0 Å². The largest absolute Gasteiger partial charge is 0.341 e. The molecule has 0 aliphatic carbocycles. The Morgan fingerprint density at radius 2 is 1.57 bits per heavy atom. The van der Waals surface area contributed by atoms with Gasteiger partial charge in [0.2, 0.25) is 5.11 Å². The number of nitrogens with one attached hydrogen (secondary N) is 1. The number of halogens is 1. The van der Waals surface area contributed by atoms with Crippen LogP contribution in [0.5, 0.6) is 0 Å². The van der Waals surface area contributed by atoms with Crippen LogP contribution >= 0.6 is 28.1 Å². The van der Waals surface area contributed by atoms with Crippen molar-refractivity contribution < 1.29 is 0 Å². The molecule has 30 heavy (non-hydrogen) atoms. The number of nitrogens with zero attached hydrogens (tertiary/aromatic N) is 2. The van der Waals surface area contributed by atoms with Gasteiger partial charge in [-0.25, -0.2) is 4.99 Å². The Morgan fingerprint density at radius 1 is 0.933 bits per heavy atom. The number of hydrogen-bond acceptors (Lipinski definition) is 2. The Kier molecular flexibility index (Phi) is 5.76. The lowest BCUT2D eigenvalue weighted by atomic mass is 9.89. The van der Waals surface area contributed by atoms with E-state index in [1.54, 1.807) is 0 Å². The third kappa shape index (κ3) is 3.92. The third-order valence-corrected chi connectivity index (χ3v) is 6.41. The number of aryl methyl sites for hydroxylation is 2. The number of amidine groups is 1. The van der Waals surface area contributed by atoms with E-state index in [1.807, 2.05) is 18.2 Å². The molecule has 3 nitrogen and oxygen atoms in total. The van der Waals surface area contributed by atoms with E-state index in [2.05, 4.69) is 102 Å². The lowest BCUT2D eigenvalue weighted by Crippen LogP contribution is -2.53. The first-order valence-electron chi connectivity index (χ1n) is 9.94. The molecular formula is C25H24BrN3S. The summed E-state index contributed by atoms with van der Waals surface area (Å²) in [6.07, 6.45) is 0.779. The van der Waals surface area contributed by atoms with Gasteiger partial charge < -0.3 is 10.2 Å². The Morgan fingerprint density at radius 3 is 2.20 bits per heavy atom. The highest BCUT2D eigenvalue weighted by Crippen LogP contribution is 2.36. The van der Waals surface area contributed by atoms with Crippen molar-refractivity contribution in [1.82, 2.24) is 0 Å². The summed E-state index contributed by atoms with van der Waals surface area (Å²) in [6, 6.07) is 25.1. The van der Waals surface area contributed by atoms with Crippen molar-refractivity contribution in [3.05, 3.63) is 94.0 Å². The van der Waals surface area contributed by atoms with E-state index in [4.69, 9.17) is 17.2 Å². The highest BCUT2D eigenvalue weighted by Gasteiger charge is 2.45. The van der Waals surface area contributed by atoms with Crippen molar-refractivity contribution in [2.45, 2.75) is 32.7 Å². The molecule has 1 atom stereocenters. The fraction of sp³-hybridized carbons (Fsp3) is 0.200. The second-order valence-electron chi connectivity index (χ2n) is 7.88. The van der Waals surface area contributed by atoms with Gasteiger partial charge in [0.25, 0.3) is 0 Å². The highest BCUT2D eigenvalue weighted by atomic mass is 79.9. The molecule has 0 fully saturated rings. The van der Waals surface area contributed by atoms with Crippen molar-refractivity contribution in [2.24, 2.45) is 4.99 Å². The molecule has 0 saturated heterocycles. The van der Waals surface area contributed by atoms with Crippen LogP contribution in [0.1, 0.15) is 23.6 Å².